The largest absolute Gasteiger partial charge is 0.481 e. The zero-order valence-electron chi connectivity index (χ0n) is 10.0. The van der Waals surface area contributed by atoms with Crippen molar-refractivity contribution in [1.82, 2.24) is 0 Å². The van der Waals surface area contributed by atoms with Crippen LogP contribution in [0.3, 0.4) is 0 Å². The number of hydrogen-bond acceptors (Lipinski definition) is 4. The monoisotopic (exact) mass is 246 g/mol. The fourth-order valence-corrected chi connectivity index (χ4v) is 2.02. The van der Waals surface area contributed by atoms with Crippen LogP contribution in [0.4, 0.5) is 5.69 Å². The number of aliphatic carboxylic acids is 1. The summed E-state index contributed by atoms with van der Waals surface area (Å²) in [6.07, 6.45) is 0. The van der Waals surface area contributed by atoms with Crippen molar-refractivity contribution in [3.05, 3.63) is 29.3 Å². The molecular formula is C13H14N2O3. The number of hydrogen-bond donors (Lipinski definition) is 2. The van der Waals surface area contributed by atoms with Crippen LogP contribution in [0.25, 0.3) is 0 Å². The molecule has 2 rings (SSSR count). The van der Waals surface area contributed by atoms with Crippen LogP contribution in [0, 0.1) is 24.2 Å². The molecule has 1 fully saturated rings. The molecule has 1 heterocycles. The third-order valence-corrected chi connectivity index (χ3v) is 3.03. The van der Waals surface area contributed by atoms with Gasteiger partial charge in [-0.25, -0.2) is 0 Å². The summed E-state index contributed by atoms with van der Waals surface area (Å²) in [6, 6.07) is 7.26. The predicted octanol–water partition coefficient (Wildman–Crippen LogP) is 1.38. The van der Waals surface area contributed by atoms with E-state index < -0.39 is 11.9 Å². The van der Waals surface area contributed by atoms with Crippen LogP contribution in [-0.2, 0) is 9.53 Å². The number of nitrogens with one attached hydrogen (secondary N) is 1. The van der Waals surface area contributed by atoms with Crippen LogP contribution in [0.1, 0.15) is 11.1 Å². The van der Waals surface area contributed by atoms with Crippen molar-refractivity contribution in [2.45, 2.75) is 13.0 Å². The Morgan fingerprint density at radius 3 is 3.00 bits per heavy atom. The first-order chi connectivity index (χ1) is 8.61. The standard InChI is InChI=1S/C13H14N2O3/c1-8-2-3-11(9(4-8)5-14)15-12-7-18-6-10(12)13(16)17/h2-4,10,12,15H,6-7H2,1H3,(H,16,17). The fraction of sp³-hybridized carbons (Fsp3) is 0.385. The van der Waals surface area contributed by atoms with E-state index in [9.17, 15) is 4.79 Å². The van der Waals surface area contributed by atoms with Crippen LogP contribution in [0.2, 0.25) is 0 Å². The molecular weight excluding hydrogens is 232 g/mol. The topological polar surface area (TPSA) is 82.3 Å². The number of benzene rings is 1. The Hall–Kier alpha value is -2.06. The van der Waals surface area contributed by atoms with Gasteiger partial charge in [0.2, 0.25) is 0 Å². The zero-order chi connectivity index (χ0) is 13.1. The van der Waals surface area contributed by atoms with E-state index in [1.807, 2.05) is 13.0 Å². The lowest BCUT2D eigenvalue weighted by molar-refractivity contribution is -0.141. The third-order valence-electron chi connectivity index (χ3n) is 3.03. The molecule has 2 atom stereocenters. The fourth-order valence-electron chi connectivity index (χ4n) is 2.02. The summed E-state index contributed by atoms with van der Waals surface area (Å²) in [6.45, 7) is 2.46. The molecule has 1 aliphatic rings. The number of nitriles is 1. The molecule has 0 bridgehead atoms. The second-order valence-electron chi connectivity index (χ2n) is 4.39. The normalized spacial score (nSPS) is 22.4. The molecule has 5 nitrogen and oxygen atoms in total. The first kappa shape index (κ1) is 12.4. The van der Waals surface area contributed by atoms with Crippen LogP contribution in [0.15, 0.2) is 18.2 Å². The van der Waals surface area contributed by atoms with Crippen LogP contribution < -0.4 is 5.32 Å². The van der Waals surface area contributed by atoms with Crippen LogP contribution >= 0.6 is 0 Å². The second-order valence-corrected chi connectivity index (χ2v) is 4.39. The molecule has 0 amide bonds. The summed E-state index contributed by atoms with van der Waals surface area (Å²) >= 11 is 0. The molecule has 0 spiro atoms. The molecule has 1 aromatic carbocycles. The van der Waals surface area contributed by atoms with Crippen molar-refractivity contribution >= 4 is 11.7 Å². The van der Waals surface area contributed by atoms with E-state index in [0.29, 0.717) is 17.9 Å². The Kier molecular flexibility index (Phi) is 3.49. The minimum atomic E-state index is -0.879. The van der Waals surface area contributed by atoms with Gasteiger partial charge in [0.1, 0.15) is 12.0 Å². The molecule has 1 saturated heterocycles. The van der Waals surface area contributed by atoms with Gasteiger partial charge in [-0.15, -0.1) is 0 Å². The van der Waals surface area contributed by atoms with E-state index in [1.165, 1.54) is 0 Å². The molecule has 18 heavy (non-hydrogen) atoms. The van der Waals surface area contributed by atoms with Gasteiger partial charge in [0.05, 0.1) is 30.5 Å². The highest BCUT2D eigenvalue weighted by Gasteiger charge is 2.34. The first-order valence-corrected chi connectivity index (χ1v) is 5.69. The summed E-state index contributed by atoms with van der Waals surface area (Å²) in [5.74, 6) is -1.45. The van der Waals surface area contributed by atoms with Gasteiger partial charge in [-0.05, 0) is 24.6 Å². The molecule has 5 heteroatoms. The average Bonchev–Trinajstić information content (AvgIpc) is 2.79. The molecule has 2 N–H and O–H groups in total. The maximum absolute atomic E-state index is 11.0. The number of rotatable bonds is 3. The van der Waals surface area contributed by atoms with Crippen molar-refractivity contribution < 1.29 is 14.6 Å². The van der Waals surface area contributed by atoms with E-state index in [2.05, 4.69) is 11.4 Å². The third kappa shape index (κ3) is 2.44. The Morgan fingerprint density at radius 2 is 2.33 bits per heavy atom. The lowest BCUT2D eigenvalue weighted by Gasteiger charge is -2.18. The van der Waals surface area contributed by atoms with E-state index in [4.69, 9.17) is 15.1 Å². The van der Waals surface area contributed by atoms with Gasteiger partial charge in [-0.1, -0.05) is 6.07 Å². The van der Waals surface area contributed by atoms with Gasteiger partial charge in [0.15, 0.2) is 0 Å². The number of carboxylic acids is 1. The molecule has 1 aliphatic heterocycles. The smallest absolute Gasteiger partial charge is 0.311 e. The lowest BCUT2D eigenvalue weighted by Crippen LogP contribution is -2.33. The van der Waals surface area contributed by atoms with Crippen molar-refractivity contribution in [1.29, 1.82) is 5.26 Å². The van der Waals surface area contributed by atoms with Gasteiger partial charge < -0.3 is 15.2 Å². The van der Waals surface area contributed by atoms with Crippen molar-refractivity contribution in [3.8, 4) is 6.07 Å². The van der Waals surface area contributed by atoms with E-state index in [0.717, 1.165) is 5.56 Å². The Balaban J connectivity index is 2.19. The number of aryl methyl sites for hydroxylation is 1. The van der Waals surface area contributed by atoms with Gasteiger partial charge in [-0.2, -0.15) is 5.26 Å². The number of ether oxygens (including phenoxy) is 1. The second kappa shape index (κ2) is 5.07. The predicted molar refractivity (Wildman–Crippen MR) is 65.2 cm³/mol. The highest BCUT2D eigenvalue weighted by atomic mass is 16.5. The quantitative estimate of drug-likeness (QED) is 0.841. The average molecular weight is 246 g/mol. The maximum Gasteiger partial charge on any atom is 0.311 e. The minimum absolute atomic E-state index is 0.209. The Bertz CT molecular complexity index is 507. The maximum atomic E-state index is 11.0. The van der Waals surface area contributed by atoms with Crippen molar-refractivity contribution in [3.63, 3.8) is 0 Å². The molecule has 1 aromatic rings. The summed E-state index contributed by atoms with van der Waals surface area (Å²) < 4.78 is 5.17. The van der Waals surface area contributed by atoms with Crippen LogP contribution in [0.5, 0.6) is 0 Å². The highest BCUT2D eigenvalue weighted by Crippen LogP contribution is 2.22. The minimum Gasteiger partial charge on any atom is -0.481 e. The summed E-state index contributed by atoms with van der Waals surface area (Å²) in [7, 11) is 0. The zero-order valence-corrected chi connectivity index (χ0v) is 10.0. The molecule has 2 unspecified atom stereocenters. The number of anilines is 1. The molecule has 0 aromatic heterocycles. The summed E-state index contributed by atoms with van der Waals surface area (Å²) in [5, 5.41) is 21.2. The van der Waals surface area contributed by atoms with Gasteiger partial charge in [0, 0.05) is 0 Å². The number of nitrogens with zero attached hydrogens (tertiary/aromatic N) is 1. The Morgan fingerprint density at radius 1 is 1.56 bits per heavy atom. The van der Waals surface area contributed by atoms with Crippen molar-refractivity contribution in [2.75, 3.05) is 18.5 Å². The van der Waals surface area contributed by atoms with Gasteiger partial charge >= 0.3 is 5.97 Å². The van der Waals surface area contributed by atoms with E-state index in [-0.39, 0.29) is 12.6 Å². The Labute approximate surface area is 105 Å². The molecule has 0 aliphatic carbocycles. The van der Waals surface area contributed by atoms with Crippen molar-refractivity contribution in [2.24, 2.45) is 5.92 Å². The molecule has 94 valence electrons. The van der Waals surface area contributed by atoms with Gasteiger partial charge in [-0.3, -0.25) is 4.79 Å². The van der Waals surface area contributed by atoms with E-state index >= 15 is 0 Å². The molecule has 0 saturated carbocycles. The SMILES string of the molecule is Cc1ccc(NC2COCC2C(=O)O)c(C#N)c1. The van der Waals surface area contributed by atoms with E-state index in [1.54, 1.807) is 12.1 Å². The number of carboxylic acid groups (broad SMARTS) is 1. The van der Waals surface area contributed by atoms with Gasteiger partial charge in [0.25, 0.3) is 0 Å². The number of carbonyl (C=O) groups is 1. The summed E-state index contributed by atoms with van der Waals surface area (Å²) in [5.41, 5.74) is 2.17. The summed E-state index contributed by atoms with van der Waals surface area (Å²) in [4.78, 5) is 11.0. The highest BCUT2D eigenvalue weighted by molar-refractivity contribution is 5.72. The lowest BCUT2D eigenvalue weighted by atomic mass is 10.0. The molecule has 0 radical (unpaired) electrons. The first-order valence-electron chi connectivity index (χ1n) is 5.69. The van der Waals surface area contributed by atoms with Crippen LogP contribution in [-0.4, -0.2) is 30.3 Å².